The SMILES string of the molecule is CC.CCOC(=O)c1cccc(/C(N)=C/C=C(\N)N2CCCC2)c1. The summed E-state index contributed by atoms with van der Waals surface area (Å²) in [6.45, 7) is 8.12. The summed E-state index contributed by atoms with van der Waals surface area (Å²) in [7, 11) is 0. The maximum absolute atomic E-state index is 11.7. The highest BCUT2D eigenvalue weighted by Crippen LogP contribution is 2.15. The van der Waals surface area contributed by atoms with Crippen LogP contribution in [0.1, 0.15) is 49.5 Å². The Labute approximate surface area is 145 Å². The first kappa shape index (κ1) is 19.6. The van der Waals surface area contributed by atoms with Crippen molar-refractivity contribution in [1.82, 2.24) is 4.90 Å². The van der Waals surface area contributed by atoms with Crippen molar-refractivity contribution in [2.45, 2.75) is 33.6 Å². The molecule has 1 aliphatic heterocycles. The van der Waals surface area contributed by atoms with Gasteiger partial charge >= 0.3 is 5.97 Å². The zero-order valence-electron chi connectivity index (χ0n) is 14.9. The quantitative estimate of drug-likeness (QED) is 0.640. The number of carbonyl (C=O) groups excluding carboxylic acids is 1. The summed E-state index contributed by atoms with van der Waals surface area (Å²) < 4.78 is 4.99. The zero-order valence-corrected chi connectivity index (χ0v) is 14.9. The van der Waals surface area contributed by atoms with Crippen molar-refractivity contribution in [2.75, 3.05) is 19.7 Å². The predicted molar refractivity (Wildman–Crippen MR) is 99.0 cm³/mol. The van der Waals surface area contributed by atoms with Crippen LogP contribution in [-0.4, -0.2) is 30.6 Å². The van der Waals surface area contributed by atoms with Crippen molar-refractivity contribution < 1.29 is 9.53 Å². The Morgan fingerprint density at radius 3 is 2.42 bits per heavy atom. The second-order valence-corrected chi connectivity index (χ2v) is 5.21. The third-order valence-electron chi connectivity index (χ3n) is 3.61. The fraction of sp³-hybridized carbons (Fsp3) is 0.421. The van der Waals surface area contributed by atoms with Crippen molar-refractivity contribution in [1.29, 1.82) is 0 Å². The number of allylic oxidation sites excluding steroid dienone is 2. The molecule has 4 N–H and O–H groups in total. The van der Waals surface area contributed by atoms with Crippen molar-refractivity contribution in [3.8, 4) is 0 Å². The molecular formula is C19H29N3O2. The largest absolute Gasteiger partial charge is 0.462 e. The average molecular weight is 331 g/mol. The first-order valence-electron chi connectivity index (χ1n) is 8.57. The van der Waals surface area contributed by atoms with Gasteiger partial charge in [0.25, 0.3) is 0 Å². The van der Waals surface area contributed by atoms with Crippen LogP contribution < -0.4 is 11.5 Å². The summed E-state index contributed by atoms with van der Waals surface area (Å²) in [6.07, 6.45) is 5.94. The lowest BCUT2D eigenvalue weighted by Gasteiger charge is -2.16. The topological polar surface area (TPSA) is 81.6 Å². The lowest BCUT2D eigenvalue weighted by molar-refractivity contribution is 0.0526. The maximum atomic E-state index is 11.7. The van der Waals surface area contributed by atoms with Gasteiger partial charge in [0, 0.05) is 18.8 Å². The van der Waals surface area contributed by atoms with Crippen LogP contribution in [0.15, 0.2) is 42.2 Å². The van der Waals surface area contributed by atoms with Crippen LogP contribution in [0, 0.1) is 0 Å². The van der Waals surface area contributed by atoms with Crippen molar-refractivity contribution >= 4 is 11.7 Å². The monoisotopic (exact) mass is 331 g/mol. The molecule has 1 heterocycles. The van der Waals surface area contributed by atoms with E-state index < -0.39 is 0 Å². The van der Waals surface area contributed by atoms with E-state index in [0.717, 1.165) is 24.5 Å². The molecule has 0 saturated carbocycles. The van der Waals surface area contributed by atoms with Crippen LogP contribution in [0.5, 0.6) is 0 Å². The number of esters is 1. The summed E-state index contributed by atoms with van der Waals surface area (Å²) >= 11 is 0. The van der Waals surface area contributed by atoms with Gasteiger partial charge in [0.15, 0.2) is 0 Å². The fourth-order valence-corrected chi connectivity index (χ4v) is 2.39. The summed E-state index contributed by atoms with van der Waals surface area (Å²) in [4.78, 5) is 13.9. The highest BCUT2D eigenvalue weighted by atomic mass is 16.5. The highest BCUT2D eigenvalue weighted by molar-refractivity contribution is 5.90. The molecular weight excluding hydrogens is 302 g/mol. The summed E-state index contributed by atoms with van der Waals surface area (Å²) in [6, 6.07) is 7.08. The molecule has 2 rings (SSSR count). The average Bonchev–Trinajstić information content (AvgIpc) is 3.16. The van der Waals surface area contributed by atoms with Gasteiger partial charge in [-0.2, -0.15) is 0 Å². The number of nitrogens with zero attached hydrogens (tertiary/aromatic N) is 1. The van der Waals surface area contributed by atoms with Gasteiger partial charge in [-0.05, 0) is 49.6 Å². The van der Waals surface area contributed by atoms with Gasteiger partial charge in [0.05, 0.1) is 18.0 Å². The van der Waals surface area contributed by atoms with Crippen molar-refractivity contribution in [3.05, 3.63) is 53.4 Å². The Morgan fingerprint density at radius 1 is 1.17 bits per heavy atom. The minimum Gasteiger partial charge on any atom is -0.462 e. The number of benzene rings is 1. The first-order chi connectivity index (χ1) is 11.6. The lowest BCUT2D eigenvalue weighted by atomic mass is 10.1. The molecule has 5 heteroatoms. The van der Waals surface area contributed by atoms with E-state index in [4.69, 9.17) is 16.2 Å². The van der Waals surface area contributed by atoms with E-state index in [1.165, 1.54) is 12.8 Å². The summed E-state index contributed by atoms with van der Waals surface area (Å²) in [5, 5.41) is 0. The van der Waals surface area contributed by atoms with Crippen LogP contribution in [-0.2, 0) is 4.74 Å². The normalized spacial score (nSPS) is 14.9. The molecule has 132 valence electrons. The third-order valence-corrected chi connectivity index (χ3v) is 3.61. The van der Waals surface area contributed by atoms with E-state index in [0.29, 0.717) is 17.9 Å². The number of likely N-dealkylation sites (tertiary alicyclic amines) is 1. The Balaban J connectivity index is 0.00000139. The first-order valence-corrected chi connectivity index (χ1v) is 8.57. The van der Waals surface area contributed by atoms with Crippen LogP contribution in [0.4, 0.5) is 0 Å². The van der Waals surface area contributed by atoms with E-state index in [2.05, 4.69) is 4.90 Å². The molecule has 0 amide bonds. The van der Waals surface area contributed by atoms with Crippen molar-refractivity contribution in [3.63, 3.8) is 0 Å². The van der Waals surface area contributed by atoms with Gasteiger partial charge in [-0.3, -0.25) is 0 Å². The molecule has 0 atom stereocenters. The molecule has 0 radical (unpaired) electrons. The van der Waals surface area contributed by atoms with Gasteiger partial charge in [-0.1, -0.05) is 26.0 Å². The lowest BCUT2D eigenvalue weighted by Crippen LogP contribution is -2.24. The molecule has 1 aromatic rings. The van der Waals surface area contributed by atoms with Gasteiger partial charge in [0.2, 0.25) is 0 Å². The smallest absolute Gasteiger partial charge is 0.338 e. The van der Waals surface area contributed by atoms with Crippen LogP contribution in [0.3, 0.4) is 0 Å². The third kappa shape index (κ3) is 5.65. The Morgan fingerprint density at radius 2 is 1.79 bits per heavy atom. The maximum Gasteiger partial charge on any atom is 0.338 e. The zero-order chi connectivity index (χ0) is 17.9. The Kier molecular flexibility index (Phi) is 8.47. The molecule has 0 aliphatic carbocycles. The number of hydrogen-bond donors (Lipinski definition) is 2. The molecule has 0 aromatic heterocycles. The van der Waals surface area contributed by atoms with E-state index in [1.807, 2.05) is 26.0 Å². The Bertz CT molecular complexity index is 588. The van der Waals surface area contributed by atoms with Gasteiger partial charge in [0.1, 0.15) is 0 Å². The molecule has 5 nitrogen and oxygen atoms in total. The number of hydrogen-bond acceptors (Lipinski definition) is 5. The summed E-state index contributed by atoms with van der Waals surface area (Å²) in [5.41, 5.74) is 13.9. The van der Waals surface area contributed by atoms with Crippen LogP contribution in [0.25, 0.3) is 5.70 Å². The molecule has 1 saturated heterocycles. The van der Waals surface area contributed by atoms with Gasteiger partial charge in [-0.15, -0.1) is 0 Å². The molecule has 0 unspecified atom stereocenters. The second kappa shape index (κ2) is 10.4. The predicted octanol–water partition coefficient (Wildman–Crippen LogP) is 3.09. The van der Waals surface area contributed by atoms with E-state index in [-0.39, 0.29) is 5.97 Å². The Hall–Kier alpha value is -2.43. The molecule has 1 aromatic carbocycles. The van der Waals surface area contributed by atoms with Crippen LogP contribution >= 0.6 is 0 Å². The molecule has 1 aliphatic rings. The van der Waals surface area contributed by atoms with Gasteiger partial charge < -0.3 is 21.1 Å². The minimum absolute atomic E-state index is 0.343. The molecule has 0 spiro atoms. The van der Waals surface area contributed by atoms with E-state index in [9.17, 15) is 4.79 Å². The molecule has 24 heavy (non-hydrogen) atoms. The van der Waals surface area contributed by atoms with Crippen LogP contribution in [0.2, 0.25) is 0 Å². The molecule has 1 fully saturated rings. The molecule has 0 bridgehead atoms. The van der Waals surface area contributed by atoms with Gasteiger partial charge in [-0.25, -0.2) is 4.79 Å². The van der Waals surface area contributed by atoms with E-state index >= 15 is 0 Å². The highest BCUT2D eigenvalue weighted by Gasteiger charge is 2.11. The summed E-state index contributed by atoms with van der Waals surface area (Å²) in [5.74, 6) is 0.381. The van der Waals surface area contributed by atoms with E-state index in [1.54, 1.807) is 31.2 Å². The second-order valence-electron chi connectivity index (χ2n) is 5.21. The standard InChI is InChI=1S/C17H23N3O2.C2H6/c1-2-22-17(21)14-7-5-6-13(12-14)15(18)8-9-16(19)20-10-3-4-11-20;1-2/h5-9,12H,2-4,10-11,18-19H2,1H3;1-2H3/b15-8-,16-9+;. The fourth-order valence-electron chi connectivity index (χ4n) is 2.39. The number of ether oxygens (including phenoxy) is 1. The minimum atomic E-state index is -0.343. The number of rotatable bonds is 5. The van der Waals surface area contributed by atoms with Crippen molar-refractivity contribution in [2.24, 2.45) is 11.5 Å². The number of carbonyl (C=O) groups is 1. The number of nitrogens with two attached hydrogens (primary N) is 2.